The highest BCUT2D eigenvalue weighted by molar-refractivity contribution is 5.65. The number of carbonyl (C=O) groups is 2. The maximum absolute atomic E-state index is 10.1. The van der Waals surface area contributed by atoms with Gasteiger partial charge in [0.15, 0.2) is 0 Å². The van der Waals surface area contributed by atoms with Crippen LogP contribution >= 0.6 is 0 Å². The van der Waals surface area contributed by atoms with E-state index in [0.29, 0.717) is 26.1 Å². The molecule has 0 N–H and O–H groups in total. The Hall–Kier alpha value is -1.06. The summed E-state index contributed by atoms with van der Waals surface area (Å²) in [6, 6.07) is 0. The van der Waals surface area contributed by atoms with Crippen LogP contribution in [0.4, 0.5) is 0 Å². The number of hydrogen-bond donors (Lipinski definition) is 0. The smallest absolute Gasteiger partial charge is 0.302 e. The SMILES string of the molecule is CC(=O)OCCCOC=O. The van der Waals surface area contributed by atoms with E-state index in [0.717, 1.165) is 0 Å². The Labute approximate surface area is 59.1 Å². The molecule has 0 fully saturated rings. The molecule has 0 unspecified atom stereocenters. The normalized spacial score (nSPS) is 8.50. The largest absolute Gasteiger partial charge is 0.468 e. The van der Waals surface area contributed by atoms with Gasteiger partial charge in [0.1, 0.15) is 0 Å². The summed E-state index contributed by atoms with van der Waals surface area (Å²) in [7, 11) is 0. The first kappa shape index (κ1) is 8.94. The van der Waals surface area contributed by atoms with Crippen molar-refractivity contribution in [1.82, 2.24) is 0 Å². The molecule has 0 radical (unpaired) electrons. The second kappa shape index (κ2) is 6.07. The number of ether oxygens (including phenoxy) is 2. The molecule has 0 spiro atoms. The molecule has 58 valence electrons. The molecule has 0 rings (SSSR count). The minimum absolute atomic E-state index is 0.302. The molecule has 0 atom stereocenters. The fraction of sp³-hybridized carbons (Fsp3) is 0.667. The summed E-state index contributed by atoms with van der Waals surface area (Å²) in [4.78, 5) is 19.7. The highest BCUT2D eigenvalue weighted by Gasteiger charge is 1.91. The Morgan fingerprint density at radius 2 is 2.20 bits per heavy atom. The van der Waals surface area contributed by atoms with Crippen LogP contribution in [0.2, 0.25) is 0 Å². The van der Waals surface area contributed by atoms with Crippen molar-refractivity contribution in [2.45, 2.75) is 13.3 Å². The highest BCUT2D eigenvalue weighted by atomic mass is 16.5. The third kappa shape index (κ3) is 6.94. The van der Waals surface area contributed by atoms with Crippen LogP contribution in [0.25, 0.3) is 0 Å². The van der Waals surface area contributed by atoms with Gasteiger partial charge < -0.3 is 9.47 Å². The van der Waals surface area contributed by atoms with Crippen LogP contribution in [-0.2, 0) is 19.1 Å². The van der Waals surface area contributed by atoms with Gasteiger partial charge in [0.05, 0.1) is 13.2 Å². The fourth-order valence-corrected chi connectivity index (χ4v) is 0.406. The van der Waals surface area contributed by atoms with Crippen molar-refractivity contribution in [3.05, 3.63) is 0 Å². The molecule has 4 heteroatoms. The first-order valence-electron chi connectivity index (χ1n) is 2.96. The van der Waals surface area contributed by atoms with Gasteiger partial charge in [0.2, 0.25) is 0 Å². The molecule has 0 aliphatic rings. The van der Waals surface area contributed by atoms with E-state index in [1.54, 1.807) is 0 Å². The first-order chi connectivity index (χ1) is 4.77. The quantitative estimate of drug-likeness (QED) is 0.314. The predicted octanol–water partition coefficient (Wildman–Crippen LogP) is 0.113. The maximum Gasteiger partial charge on any atom is 0.302 e. The molecule has 0 aromatic carbocycles. The van der Waals surface area contributed by atoms with E-state index >= 15 is 0 Å². The Bertz CT molecular complexity index is 110. The van der Waals surface area contributed by atoms with Crippen LogP contribution < -0.4 is 0 Å². The van der Waals surface area contributed by atoms with E-state index in [9.17, 15) is 9.59 Å². The monoisotopic (exact) mass is 146 g/mol. The average Bonchev–Trinajstić information content (AvgIpc) is 1.87. The second-order valence-corrected chi connectivity index (χ2v) is 1.66. The molecule has 0 aliphatic heterocycles. The van der Waals surface area contributed by atoms with Crippen LogP contribution in [0, 0.1) is 0 Å². The van der Waals surface area contributed by atoms with Gasteiger partial charge in [0.25, 0.3) is 6.47 Å². The van der Waals surface area contributed by atoms with Crippen molar-refractivity contribution in [3.63, 3.8) is 0 Å². The zero-order valence-corrected chi connectivity index (χ0v) is 5.83. The van der Waals surface area contributed by atoms with Gasteiger partial charge in [-0.15, -0.1) is 0 Å². The molecule has 0 saturated carbocycles. The molecule has 0 heterocycles. The van der Waals surface area contributed by atoms with Crippen LogP contribution in [0.5, 0.6) is 0 Å². The second-order valence-electron chi connectivity index (χ2n) is 1.66. The molecule has 0 aromatic rings. The Morgan fingerprint density at radius 1 is 1.50 bits per heavy atom. The predicted molar refractivity (Wildman–Crippen MR) is 33.3 cm³/mol. The van der Waals surface area contributed by atoms with Gasteiger partial charge in [-0.05, 0) is 0 Å². The average molecular weight is 146 g/mol. The standard InChI is InChI=1S/C6H10O4/c1-6(8)10-4-2-3-9-5-7/h5H,2-4H2,1H3. The van der Waals surface area contributed by atoms with E-state index in [4.69, 9.17) is 0 Å². The summed E-state index contributed by atoms with van der Waals surface area (Å²) in [6.45, 7) is 2.31. The van der Waals surface area contributed by atoms with Gasteiger partial charge in [-0.2, -0.15) is 0 Å². The zero-order valence-electron chi connectivity index (χ0n) is 5.83. The summed E-state index contributed by atoms with van der Waals surface area (Å²) in [5.74, 6) is -0.314. The third-order valence-corrected chi connectivity index (χ3v) is 0.780. The van der Waals surface area contributed by atoms with Crippen molar-refractivity contribution in [2.24, 2.45) is 0 Å². The molecular weight excluding hydrogens is 136 g/mol. The summed E-state index contributed by atoms with van der Waals surface area (Å²) >= 11 is 0. The first-order valence-corrected chi connectivity index (χ1v) is 2.96. The van der Waals surface area contributed by atoms with Gasteiger partial charge in [-0.1, -0.05) is 0 Å². The number of carbonyl (C=O) groups excluding carboxylic acids is 2. The molecule has 0 bridgehead atoms. The number of rotatable bonds is 5. The Morgan fingerprint density at radius 3 is 2.70 bits per heavy atom. The van der Waals surface area contributed by atoms with E-state index in [1.807, 2.05) is 0 Å². The lowest BCUT2D eigenvalue weighted by atomic mass is 10.5. The topological polar surface area (TPSA) is 52.6 Å². The summed E-state index contributed by atoms with van der Waals surface area (Å²) < 4.78 is 8.90. The third-order valence-electron chi connectivity index (χ3n) is 0.780. The summed E-state index contributed by atoms with van der Waals surface area (Å²) in [5.41, 5.74) is 0. The Kier molecular flexibility index (Phi) is 5.42. The van der Waals surface area contributed by atoms with E-state index in [-0.39, 0.29) is 5.97 Å². The molecule has 0 amide bonds. The fourth-order valence-electron chi connectivity index (χ4n) is 0.406. The van der Waals surface area contributed by atoms with Crippen molar-refractivity contribution in [2.75, 3.05) is 13.2 Å². The lowest BCUT2D eigenvalue weighted by Gasteiger charge is -1.99. The minimum Gasteiger partial charge on any atom is -0.468 e. The van der Waals surface area contributed by atoms with E-state index in [2.05, 4.69) is 9.47 Å². The molecule has 10 heavy (non-hydrogen) atoms. The molecule has 0 aromatic heterocycles. The summed E-state index contributed by atoms with van der Waals surface area (Å²) in [6.07, 6.45) is 0.554. The van der Waals surface area contributed by atoms with Gasteiger partial charge in [-0.25, -0.2) is 0 Å². The molecular formula is C6H10O4. The lowest BCUT2D eigenvalue weighted by molar-refractivity contribution is -0.141. The number of hydrogen-bond acceptors (Lipinski definition) is 4. The van der Waals surface area contributed by atoms with Crippen LogP contribution in [-0.4, -0.2) is 25.7 Å². The molecule has 0 saturated heterocycles. The zero-order chi connectivity index (χ0) is 7.82. The van der Waals surface area contributed by atoms with Crippen LogP contribution in [0.1, 0.15) is 13.3 Å². The minimum atomic E-state index is -0.314. The lowest BCUT2D eigenvalue weighted by Crippen LogP contribution is -2.03. The number of esters is 1. The van der Waals surface area contributed by atoms with Gasteiger partial charge >= 0.3 is 5.97 Å². The van der Waals surface area contributed by atoms with Crippen molar-refractivity contribution in [1.29, 1.82) is 0 Å². The van der Waals surface area contributed by atoms with Crippen LogP contribution in [0.3, 0.4) is 0 Å². The van der Waals surface area contributed by atoms with Gasteiger partial charge in [0, 0.05) is 13.3 Å². The van der Waals surface area contributed by atoms with Gasteiger partial charge in [-0.3, -0.25) is 9.59 Å². The van der Waals surface area contributed by atoms with Crippen LogP contribution in [0.15, 0.2) is 0 Å². The molecule has 4 nitrogen and oxygen atoms in total. The highest BCUT2D eigenvalue weighted by Crippen LogP contribution is 1.83. The Balaban J connectivity index is 2.90. The summed E-state index contributed by atoms with van der Waals surface area (Å²) in [5, 5.41) is 0. The van der Waals surface area contributed by atoms with Crippen molar-refractivity contribution >= 4 is 12.4 Å². The van der Waals surface area contributed by atoms with Crippen molar-refractivity contribution < 1.29 is 19.1 Å². The molecule has 0 aliphatic carbocycles. The van der Waals surface area contributed by atoms with Crippen molar-refractivity contribution in [3.8, 4) is 0 Å². The maximum atomic E-state index is 10.1. The van der Waals surface area contributed by atoms with E-state index < -0.39 is 0 Å². The van der Waals surface area contributed by atoms with E-state index in [1.165, 1.54) is 6.92 Å².